The van der Waals surface area contributed by atoms with E-state index in [4.69, 9.17) is 9.47 Å². The maximum absolute atomic E-state index is 12.1. The van der Waals surface area contributed by atoms with Crippen molar-refractivity contribution < 1.29 is 17.9 Å². The second-order valence-corrected chi connectivity index (χ2v) is 5.38. The van der Waals surface area contributed by atoms with Gasteiger partial charge in [-0.3, -0.25) is 0 Å². The molecular formula is C11H12O4S. The summed E-state index contributed by atoms with van der Waals surface area (Å²) in [4.78, 5) is 0.251. The van der Waals surface area contributed by atoms with Gasteiger partial charge in [0, 0.05) is 7.11 Å². The molecule has 0 spiro atoms. The second-order valence-electron chi connectivity index (χ2n) is 3.35. The normalized spacial score (nSPS) is 24.8. The fourth-order valence-corrected chi connectivity index (χ4v) is 2.82. The van der Waals surface area contributed by atoms with Crippen molar-refractivity contribution in [2.24, 2.45) is 0 Å². The van der Waals surface area contributed by atoms with Crippen LogP contribution in [0.4, 0.5) is 0 Å². The molecule has 5 heteroatoms. The Morgan fingerprint density at radius 2 is 1.88 bits per heavy atom. The van der Waals surface area contributed by atoms with Crippen LogP contribution in [0.2, 0.25) is 0 Å². The molecule has 1 aromatic rings. The third-order valence-electron chi connectivity index (χ3n) is 2.30. The van der Waals surface area contributed by atoms with Crippen LogP contribution in [0.1, 0.15) is 0 Å². The average molecular weight is 240 g/mol. The molecule has 1 aliphatic rings. The predicted molar refractivity (Wildman–Crippen MR) is 58.4 cm³/mol. The van der Waals surface area contributed by atoms with Crippen LogP contribution in [0.5, 0.6) is 0 Å². The summed E-state index contributed by atoms with van der Waals surface area (Å²) < 4.78 is 34.2. The third-order valence-corrected chi connectivity index (χ3v) is 4.11. The molecule has 0 N–H and O–H groups in total. The number of hydrogen-bond acceptors (Lipinski definition) is 4. The first-order chi connectivity index (χ1) is 7.64. The minimum Gasteiger partial charge on any atom is -0.352 e. The summed E-state index contributed by atoms with van der Waals surface area (Å²) in [5.74, 6) is 0. The fraction of sp³-hybridized carbons (Fsp3) is 0.273. The Balaban J connectivity index is 2.26. The molecule has 0 bridgehead atoms. The van der Waals surface area contributed by atoms with Gasteiger partial charge in [-0.1, -0.05) is 18.2 Å². The van der Waals surface area contributed by atoms with Crippen LogP contribution in [-0.4, -0.2) is 27.3 Å². The Kier molecular flexibility index (Phi) is 3.09. The van der Waals surface area contributed by atoms with Crippen molar-refractivity contribution in [3.8, 4) is 0 Å². The second kappa shape index (κ2) is 4.37. The van der Waals surface area contributed by atoms with Gasteiger partial charge in [0.1, 0.15) is 0 Å². The molecule has 0 saturated carbocycles. The van der Waals surface area contributed by atoms with Crippen LogP contribution in [0.3, 0.4) is 0 Å². The number of sulfone groups is 1. The molecular weight excluding hydrogens is 228 g/mol. The summed E-state index contributed by atoms with van der Waals surface area (Å²) in [6, 6.07) is 8.22. The highest BCUT2D eigenvalue weighted by Crippen LogP contribution is 2.23. The van der Waals surface area contributed by atoms with Gasteiger partial charge in [0.05, 0.1) is 4.90 Å². The summed E-state index contributed by atoms with van der Waals surface area (Å²) in [6.07, 6.45) is 2.50. The number of methoxy groups -OCH3 is 1. The smallest absolute Gasteiger partial charge is 0.209 e. The van der Waals surface area contributed by atoms with E-state index in [1.54, 1.807) is 36.4 Å². The Bertz CT molecular complexity index is 478. The van der Waals surface area contributed by atoms with Gasteiger partial charge < -0.3 is 9.47 Å². The zero-order chi connectivity index (χ0) is 11.6. The highest BCUT2D eigenvalue weighted by atomic mass is 32.2. The van der Waals surface area contributed by atoms with E-state index >= 15 is 0 Å². The van der Waals surface area contributed by atoms with Crippen molar-refractivity contribution in [3.63, 3.8) is 0 Å². The first-order valence-electron chi connectivity index (χ1n) is 4.80. The summed E-state index contributed by atoms with van der Waals surface area (Å²) in [5.41, 5.74) is -0.958. The zero-order valence-corrected chi connectivity index (χ0v) is 9.55. The van der Waals surface area contributed by atoms with Crippen molar-refractivity contribution in [2.45, 2.75) is 16.6 Å². The minimum absolute atomic E-state index is 0.251. The monoisotopic (exact) mass is 240 g/mol. The lowest BCUT2D eigenvalue weighted by molar-refractivity contribution is -0.0789. The molecule has 0 radical (unpaired) electrons. The lowest BCUT2D eigenvalue weighted by Gasteiger charge is -2.13. The number of ether oxygens (including phenoxy) is 2. The van der Waals surface area contributed by atoms with Crippen LogP contribution < -0.4 is 0 Å². The molecule has 16 heavy (non-hydrogen) atoms. The van der Waals surface area contributed by atoms with Crippen LogP contribution in [0.15, 0.2) is 47.4 Å². The van der Waals surface area contributed by atoms with Crippen LogP contribution in [-0.2, 0) is 19.3 Å². The van der Waals surface area contributed by atoms with E-state index in [1.165, 1.54) is 13.2 Å². The van der Waals surface area contributed by atoms with Gasteiger partial charge in [0.15, 0.2) is 11.7 Å². The molecule has 0 amide bonds. The van der Waals surface area contributed by atoms with E-state index < -0.39 is 21.6 Å². The molecule has 1 aliphatic heterocycles. The van der Waals surface area contributed by atoms with Crippen molar-refractivity contribution in [2.75, 3.05) is 7.11 Å². The summed E-state index contributed by atoms with van der Waals surface area (Å²) in [6.45, 7) is 0. The molecule has 2 atom stereocenters. The van der Waals surface area contributed by atoms with E-state index in [1.807, 2.05) is 0 Å². The molecule has 0 fully saturated rings. The topological polar surface area (TPSA) is 52.6 Å². The van der Waals surface area contributed by atoms with Crippen LogP contribution >= 0.6 is 0 Å². The van der Waals surface area contributed by atoms with Crippen LogP contribution in [0.25, 0.3) is 0 Å². The molecule has 86 valence electrons. The molecule has 0 unspecified atom stereocenters. The van der Waals surface area contributed by atoms with Gasteiger partial charge in [0.25, 0.3) is 0 Å². The largest absolute Gasteiger partial charge is 0.352 e. The first kappa shape index (κ1) is 11.3. The average Bonchev–Trinajstić information content (AvgIpc) is 2.79. The Morgan fingerprint density at radius 3 is 2.44 bits per heavy atom. The lowest BCUT2D eigenvalue weighted by Crippen LogP contribution is -2.23. The van der Waals surface area contributed by atoms with Crippen molar-refractivity contribution in [1.82, 2.24) is 0 Å². The highest BCUT2D eigenvalue weighted by Gasteiger charge is 2.31. The molecule has 1 aromatic carbocycles. The molecule has 0 aromatic heterocycles. The Labute approximate surface area is 94.4 Å². The summed E-state index contributed by atoms with van der Waals surface area (Å²) >= 11 is 0. The maximum Gasteiger partial charge on any atom is 0.209 e. The minimum atomic E-state index is -3.47. The van der Waals surface area contributed by atoms with E-state index in [9.17, 15) is 8.42 Å². The van der Waals surface area contributed by atoms with Crippen molar-refractivity contribution in [3.05, 3.63) is 42.5 Å². The maximum atomic E-state index is 12.1. The SMILES string of the molecule is CO[C@H]1C=C[C@H](S(=O)(=O)c2ccccc2)O1. The van der Waals surface area contributed by atoms with E-state index in [2.05, 4.69) is 0 Å². The number of rotatable bonds is 3. The van der Waals surface area contributed by atoms with Crippen molar-refractivity contribution in [1.29, 1.82) is 0 Å². The molecule has 0 aliphatic carbocycles. The van der Waals surface area contributed by atoms with Crippen molar-refractivity contribution >= 4 is 9.84 Å². The number of benzene rings is 1. The van der Waals surface area contributed by atoms with Gasteiger partial charge in [-0.15, -0.1) is 0 Å². The lowest BCUT2D eigenvalue weighted by atomic mass is 10.4. The highest BCUT2D eigenvalue weighted by molar-refractivity contribution is 7.92. The van der Waals surface area contributed by atoms with Gasteiger partial charge in [-0.2, -0.15) is 0 Å². The number of hydrogen-bond donors (Lipinski definition) is 0. The zero-order valence-electron chi connectivity index (χ0n) is 8.74. The third kappa shape index (κ3) is 2.02. The van der Waals surface area contributed by atoms with Gasteiger partial charge in [0.2, 0.25) is 9.84 Å². The van der Waals surface area contributed by atoms with Gasteiger partial charge in [-0.05, 0) is 24.3 Å². The fourth-order valence-electron chi connectivity index (χ4n) is 1.46. The van der Waals surface area contributed by atoms with Gasteiger partial charge in [-0.25, -0.2) is 8.42 Å². The quantitative estimate of drug-likeness (QED) is 0.748. The van der Waals surface area contributed by atoms with Crippen LogP contribution in [0, 0.1) is 0 Å². The summed E-state index contributed by atoms with van der Waals surface area (Å²) in [7, 11) is -2.01. The van der Waals surface area contributed by atoms with E-state index in [-0.39, 0.29) is 4.90 Å². The molecule has 2 rings (SSSR count). The summed E-state index contributed by atoms with van der Waals surface area (Å²) in [5, 5.41) is 0. The predicted octanol–water partition coefficient (Wildman–Crippen LogP) is 1.35. The molecule has 4 nitrogen and oxygen atoms in total. The van der Waals surface area contributed by atoms with Gasteiger partial charge >= 0.3 is 0 Å². The first-order valence-corrected chi connectivity index (χ1v) is 6.35. The Morgan fingerprint density at radius 1 is 1.19 bits per heavy atom. The standard InChI is InChI=1S/C11H12O4S/c1-14-10-7-8-11(15-10)16(12,13)9-5-3-2-4-6-9/h2-8,10-11H,1H3/t10-,11+/m1/s1. The molecule has 0 saturated heterocycles. The van der Waals surface area contributed by atoms with E-state index in [0.29, 0.717) is 0 Å². The molecule has 1 heterocycles. The van der Waals surface area contributed by atoms with E-state index in [0.717, 1.165) is 0 Å². The Hall–Kier alpha value is -1.17.